The van der Waals surface area contributed by atoms with E-state index in [0.29, 0.717) is 11.3 Å². The average Bonchev–Trinajstić information content (AvgIpc) is 3.12. The van der Waals surface area contributed by atoms with E-state index in [4.69, 9.17) is 5.26 Å². The van der Waals surface area contributed by atoms with Crippen LogP contribution in [-0.2, 0) is 10.0 Å². The van der Waals surface area contributed by atoms with Crippen LogP contribution in [0.1, 0.15) is 16.7 Å². The zero-order valence-electron chi connectivity index (χ0n) is 15.9. The number of nitrogens with one attached hydrogen (secondary N) is 1. The van der Waals surface area contributed by atoms with E-state index in [1.165, 1.54) is 24.3 Å². The van der Waals surface area contributed by atoms with Gasteiger partial charge in [0.1, 0.15) is 5.65 Å². The van der Waals surface area contributed by atoms with E-state index >= 15 is 0 Å². The molecule has 29 heavy (non-hydrogen) atoms. The Kier molecular flexibility index (Phi) is 4.57. The van der Waals surface area contributed by atoms with E-state index in [-0.39, 0.29) is 4.90 Å². The summed E-state index contributed by atoms with van der Waals surface area (Å²) in [6.07, 6.45) is 3.86. The van der Waals surface area contributed by atoms with E-state index in [0.717, 1.165) is 28.0 Å². The summed E-state index contributed by atoms with van der Waals surface area (Å²) in [5, 5.41) is 8.89. The Bertz CT molecular complexity index is 1360. The summed E-state index contributed by atoms with van der Waals surface area (Å²) in [6.45, 7) is 3.85. The molecular formula is C22H18N4O2S. The molecule has 7 heteroatoms. The van der Waals surface area contributed by atoms with E-state index in [1.807, 2.05) is 61.0 Å². The number of imidazole rings is 1. The fourth-order valence-electron chi connectivity index (χ4n) is 3.03. The standard InChI is InChI=1S/C22H18N4O2S/c1-15-9-10-26-14-21(24-22(26)11-15)18-6-3-16(2)20(12-18)25-29(27,28)19-7-4-17(13-23)5-8-19/h3-12,14,25H,1-2H3. The van der Waals surface area contributed by atoms with Gasteiger partial charge in [-0.15, -0.1) is 0 Å². The minimum atomic E-state index is -3.78. The molecule has 0 saturated heterocycles. The molecule has 0 aliphatic carbocycles. The third-order valence-corrected chi connectivity index (χ3v) is 6.07. The second kappa shape index (κ2) is 7.08. The van der Waals surface area contributed by atoms with Crippen molar-refractivity contribution < 1.29 is 8.42 Å². The van der Waals surface area contributed by atoms with Crippen molar-refractivity contribution in [3.63, 3.8) is 0 Å². The van der Waals surface area contributed by atoms with Crippen molar-refractivity contribution in [2.75, 3.05) is 4.72 Å². The number of fused-ring (bicyclic) bond motifs is 1. The van der Waals surface area contributed by atoms with Crippen LogP contribution in [0.2, 0.25) is 0 Å². The Morgan fingerprint density at radius 2 is 1.79 bits per heavy atom. The zero-order chi connectivity index (χ0) is 20.6. The number of pyridine rings is 1. The van der Waals surface area contributed by atoms with Crippen LogP contribution in [0.3, 0.4) is 0 Å². The van der Waals surface area contributed by atoms with E-state index < -0.39 is 10.0 Å². The highest BCUT2D eigenvalue weighted by Gasteiger charge is 2.16. The highest BCUT2D eigenvalue weighted by atomic mass is 32.2. The first-order valence-electron chi connectivity index (χ1n) is 8.95. The number of nitriles is 1. The number of benzene rings is 2. The maximum atomic E-state index is 12.8. The first-order valence-corrected chi connectivity index (χ1v) is 10.4. The van der Waals surface area contributed by atoms with Crippen LogP contribution in [0.15, 0.2) is 71.9 Å². The molecular weight excluding hydrogens is 384 g/mol. The van der Waals surface area contributed by atoms with Gasteiger partial charge in [-0.1, -0.05) is 12.1 Å². The van der Waals surface area contributed by atoms with Gasteiger partial charge < -0.3 is 4.40 Å². The van der Waals surface area contributed by atoms with Gasteiger partial charge >= 0.3 is 0 Å². The molecule has 0 atom stereocenters. The quantitative estimate of drug-likeness (QED) is 0.552. The largest absolute Gasteiger partial charge is 0.306 e. The summed E-state index contributed by atoms with van der Waals surface area (Å²) in [6, 6.07) is 17.4. The lowest BCUT2D eigenvalue weighted by Crippen LogP contribution is -2.13. The molecule has 0 bridgehead atoms. The number of anilines is 1. The number of nitrogens with zero attached hydrogens (tertiary/aromatic N) is 3. The van der Waals surface area contributed by atoms with Gasteiger partial charge in [0.2, 0.25) is 0 Å². The second-order valence-electron chi connectivity index (χ2n) is 6.87. The lowest BCUT2D eigenvalue weighted by atomic mass is 10.1. The molecule has 4 aromatic rings. The van der Waals surface area contributed by atoms with Gasteiger partial charge in [0, 0.05) is 18.0 Å². The van der Waals surface area contributed by atoms with E-state index in [1.54, 1.807) is 6.07 Å². The molecule has 0 unspecified atom stereocenters. The Hall–Kier alpha value is -3.63. The van der Waals surface area contributed by atoms with E-state index in [2.05, 4.69) is 9.71 Å². The van der Waals surface area contributed by atoms with Crippen molar-refractivity contribution in [3.8, 4) is 17.3 Å². The third kappa shape index (κ3) is 3.71. The Morgan fingerprint density at radius 1 is 1.03 bits per heavy atom. The zero-order valence-corrected chi connectivity index (χ0v) is 16.7. The van der Waals surface area contributed by atoms with E-state index in [9.17, 15) is 8.42 Å². The van der Waals surface area contributed by atoms with Crippen LogP contribution in [0.5, 0.6) is 0 Å². The van der Waals surface area contributed by atoms with Crippen molar-refractivity contribution in [1.29, 1.82) is 5.26 Å². The topological polar surface area (TPSA) is 87.3 Å². The maximum absolute atomic E-state index is 12.8. The second-order valence-corrected chi connectivity index (χ2v) is 8.55. The molecule has 0 amide bonds. The molecule has 144 valence electrons. The Labute approximate surface area is 169 Å². The number of hydrogen-bond donors (Lipinski definition) is 1. The predicted molar refractivity (Wildman–Crippen MR) is 112 cm³/mol. The van der Waals surface area contributed by atoms with Gasteiger partial charge in [-0.25, -0.2) is 13.4 Å². The monoisotopic (exact) mass is 402 g/mol. The van der Waals surface area contributed by atoms with Gasteiger partial charge in [0.15, 0.2) is 0 Å². The van der Waals surface area contributed by atoms with Crippen LogP contribution in [0, 0.1) is 25.2 Å². The van der Waals surface area contributed by atoms with Gasteiger partial charge in [-0.2, -0.15) is 5.26 Å². The Morgan fingerprint density at radius 3 is 2.52 bits per heavy atom. The molecule has 0 fully saturated rings. The summed E-state index contributed by atoms with van der Waals surface area (Å²) < 4.78 is 30.1. The number of sulfonamides is 1. The molecule has 0 radical (unpaired) electrons. The third-order valence-electron chi connectivity index (χ3n) is 4.69. The normalized spacial score (nSPS) is 11.3. The van der Waals surface area contributed by atoms with Crippen molar-refractivity contribution >= 4 is 21.4 Å². The van der Waals surface area contributed by atoms with Crippen LogP contribution >= 0.6 is 0 Å². The maximum Gasteiger partial charge on any atom is 0.261 e. The van der Waals surface area contributed by atoms with Crippen molar-refractivity contribution in [2.45, 2.75) is 18.7 Å². The van der Waals surface area contributed by atoms with Crippen molar-refractivity contribution in [2.24, 2.45) is 0 Å². The van der Waals surface area contributed by atoms with Gasteiger partial charge in [0.05, 0.1) is 27.9 Å². The number of rotatable bonds is 4. The van der Waals surface area contributed by atoms with Crippen LogP contribution in [-0.4, -0.2) is 17.8 Å². The summed E-state index contributed by atoms with van der Waals surface area (Å²) in [5.41, 5.74) is 5.22. The van der Waals surface area contributed by atoms with Crippen LogP contribution < -0.4 is 4.72 Å². The molecule has 1 N–H and O–H groups in total. The molecule has 0 aliphatic heterocycles. The smallest absolute Gasteiger partial charge is 0.261 e. The predicted octanol–water partition coefficient (Wildman–Crippen LogP) is 4.29. The highest BCUT2D eigenvalue weighted by Crippen LogP contribution is 2.27. The fraction of sp³-hybridized carbons (Fsp3) is 0.0909. The molecule has 0 saturated carbocycles. The molecule has 2 heterocycles. The lowest BCUT2D eigenvalue weighted by molar-refractivity contribution is 0.601. The van der Waals surface area contributed by atoms with Crippen LogP contribution in [0.25, 0.3) is 16.9 Å². The number of aryl methyl sites for hydroxylation is 2. The minimum absolute atomic E-state index is 0.101. The van der Waals surface area contributed by atoms with Gasteiger partial charge in [-0.3, -0.25) is 4.72 Å². The summed E-state index contributed by atoms with van der Waals surface area (Å²) in [5.74, 6) is 0. The molecule has 6 nitrogen and oxygen atoms in total. The van der Waals surface area contributed by atoms with Gasteiger partial charge in [0.25, 0.3) is 10.0 Å². The first-order chi connectivity index (χ1) is 13.9. The average molecular weight is 402 g/mol. The molecule has 0 aliphatic rings. The lowest BCUT2D eigenvalue weighted by Gasteiger charge is -2.12. The van der Waals surface area contributed by atoms with Gasteiger partial charge in [-0.05, 0) is 67.4 Å². The highest BCUT2D eigenvalue weighted by molar-refractivity contribution is 7.92. The molecule has 2 aromatic carbocycles. The van der Waals surface area contributed by atoms with Crippen molar-refractivity contribution in [3.05, 3.63) is 83.7 Å². The number of hydrogen-bond acceptors (Lipinski definition) is 4. The summed E-state index contributed by atoms with van der Waals surface area (Å²) in [7, 11) is -3.78. The minimum Gasteiger partial charge on any atom is -0.306 e. The Balaban J connectivity index is 1.70. The first kappa shape index (κ1) is 18.7. The molecule has 2 aromatic heterocycles. The molecule has 4 rings (SSSR count). The van der Waals surface area contributed by atoms with Crippen LogP contribution in [0.4, 0.5) is 5.69 Å². The molecule has 0 spiro atoms. The summed E-state index contributed by atoms with van der Waals surface area (Å²) in [4.78, 5) is 4.74. The number of aromatic nitrogens is 2. The van der Waals surface area contributed by atoms with Crippen molar-refractivity contribution in [1.82, 2.24) is 9.38 Å². The SMILES string of the molecule is Cc1ccn2cc(-c3ccc(C)c(NS(=O)(=O)c4ccc(C#N)cc4)c3)nc2c1. The summed E-state index contributed by atoms with van der Waals surface area (Å²) >= 11 is 0. The fourth-order valence-corrected chi connectivity index (χ4v) is 4.15.